The molecule has 1 rings (SSSR count). The van der Waals surface area contributed by atoms with Crippen LogP contribution in [0.1, 0.15) is 20.3 Å². The van der Waals surface area contributed by atoms with E-state index in [0.29, 0.717) is 4.99 Å². The van der Waals surface area contributed by atoms with E-state index in [1.807, 2.05) is 18.7 Å². The van der Waals surface area contributed by atoms with Gasteiger partial charge in [-0.25, -0.2) is 4.98 Å². The number of aryl methyl sites for hydroxylation is 1. The Morgan fingerprint density at radius 1 is 1.59 bits per heavy atom. The number of aromatic nitrogens is 2. The lowest BCUT2D eigenvalue weighted by Gasteiger charge is -2.23. The van der Waals surface area contributed by atoms with Crippen LogP contribution in [0.2, 0.25) is 0 Å². The quantitative estimate of drug-likeness (QED) is 0.715. The summed E-state index contributed by atoms with van der Waals surface area (Å²) in [5, 5.41) is 0. The maximum absolute atomic E-state index is 5.64. The Labute approximate surface area is 109 Å². The van der Waals surface area contributed by atoms with Gasteiger partial charge in [0, 0.05) is 31.4 Å². The Hall–Kier alpha value is -0.940. The fraction of sp³-hybridized carbons (Fsp3) is 0.667. The molecular formula is C12H22N4S. The molecule has 0 aliphatic carbocycles. The Balaban J connectivity index is 2.25. The van der Waals surface area contributed by atoms with Crippen molar-refractivity contribution in [1.29, 1.82) is 0 Å². The van der Waals surface area contributed by atoms with E-state index in [1.165, 1.54) is 0 Å². The Kier molecular flexibility index (Phi) is 6.15. The second kappa shape index (κ2) is 7.40. The van der Waals surface area contributed by atoms with Gasteiger partial charge in [-0.15, -0.1) is 0 Å². The van der Waals surface area contributed by atoms with Crippen LogP contribution in [0, 0.1) is 5.92 Å². The van der Waals surface area contributed by atoms with E-state index in [0.717, 1.165) is 32.6 Å². The molecule has 0 spiro atoms. The number of imidazole rings is 1. The highest BCUT2D eigenvalue weighted by molar-refractivity contribution is 7.80. The Morgan fingerprint density at radius 3 is 2.88 bits per heavy atom. The molecule has 4 nitrogen and oxygen atoms in total. The van der Waals surface area contributed by atoms with Crippen LogP contribution in [-0.2, 0) is 6.54 Å². The highest BCUT2D eigenvalue weighted by Crippen LogP contribution is 2.02. The summed E-state index contributed by atoms with van der Waals surface area (Å²) in [4.78, 5) is 7.03. The van der Waals surface area contributed by atoms with Crippen molar-refractivity contribution in [2.24, 2.45) is 11.7 Å². The van der Waals surface area contributed by atoms with E-state index in [1.54, 1.807) is 0 Å². The number of hydrogen-bond donors (Lipinski definition) is 1. The maximum Gasteiger partial charge on any atom is 0.0945 e. The van der Waals surface area contributed by atoms with Crippen molar-refractivity contribution < 1.29 is 0 Å². The highest BCUT2D eigenvalue weighted by Gasteiger charge is 2.10. The molecule has 0 bridgehead atoms. The summed E-state index contributed by atoms with van der Waals surface area (Å²) < 4.78 is 2.10. The first-order chi connectivity index (χ1) is 8.13. The molecular weight excluding hydrogens is 232 g/mol. The number of nitrogens with two attached hydrogens (primary N) is 1. The molecule has 0 radical (unpaired) electrons. The smallest absolute Gasteiger partial charge is 0.0945 e. The van der Waals surface area contributed by atoms with E-state index < -0.39 is 0 Å². The van der Waals surface area contributed by atoms with Gasteiger partial charge in [0.2, 0.25) is 0 Å². The predicted octanol–water partition coefficient (Wildman–Crippen LogP) is 1.52. The lowest BCUT2D eigenvalue weighted by molar-refractivity contribution is 0.264. The lowest BCUT2D eigenvalue weighted by Crippen LogP contribution is -2.34. The second-order valence-corrected chi connectivity index (χ2v) is 4.82. The van der Waals surface area contributed by atoms with Gasteiger partial charge in [0.15, 0.2) is 0 Å². The van der Waals surface area contributed by atoms with Gasteiger partial charge in [-0.1, -0.05) is 26.1 Å². The van der Waals surface area contributed by atoms with E-state index in [9.17, 15) is 0 Å². The molecule has 1 unspecified atom stereocenters. The molecule has 0 aromatic carbocycles. The minimum absolute atomic E-state index is 0.290. The van der Waals surface area contributed by atoms with Crippen molar-refractivity contribution in [1.82, 2.24) is 14.5 Å². The Bertz CT molecular complexity index is 323. The fourth-order valence-electron chi connectivity index (χ4n) is 1.75. The second-order valence-electron chi connectivity index (χ2n) is 4.35. The first-order valence-electron chi connectivity index (χ1n) is 6.11. The van der Waals surface area contributed by atoms with Crippen LogP contribution in [0.4, 0.5) is 0 Å². The van der Waals surface area contributed by atoms with Gasteiger partial charge in [-0.3, -0.25) is 0 Å². The molecule has 0 saturated heterocycles. The molecule has 1 heterocycles. The normalized spacial score (nSPS) is 12.9. The predicted molar refractivity (Wildman–Crippen MR) is 74.9 cm³/mol. The average molecular weight is 254 g/mol. The first kappa shape index (κ1) is 14.1. The van der Waals surface area contributed by atoms with E-state index >= 15 is 0 Å². The molecule has 1 atom stereocenters. The third-order valence-electron chi connectivity index (χ3n) is 2.91. The van der Waals surface area contributed by atoms with E-state index in [2.05, 4.69) is 28.3 Å². The third kappa shape index (κ3) is 5.28. The minimum Gasteiger partial charge on any atom is -0.393 e. The number of thiocarbonyl (C=S) groups is 1. The fourth-order valence-corrected chi connectivity index (χ4v) is 1.83. The zero-order chi connectivity index (χ0) is 12.7. The SMILES string of the molecule is CCN(CCCn1ccnc1)CC(C)C(N)=S. The minimum atomic E-state index is 0.290. The molecule has 0 aliphatic heterocycles. The largest absolute Gasteiger partial charge is 0.393 e. The topological polar surface area (TPSA) is 47.1 Å². The van der Waals surface area contributed by atoms with Crippen molar-refractivity contribution in [3.05, 3.63) is 18.7 Å². The van der Waals surface area contributed by atoms with Crippen LogP contribution in [0.3, 0.4) is 0 Å². The summed E-state index contributed by atoms with van der Waals surface area (Å²) >= 11 is 5.00. The monoisotopic (exact) mass is 254 g/mol. The van der Waals surface area contributed by atoms with Gasteiger partial charge in [-0.05, 0) is 19.5 Å². The van der Waals surface area contributed by atoms with E-state index in [4.69, 9.17) is 18.0 Å². The van der Waals surface area contributed by atoms with Crippen molar-refractivity contribution >= 4 is 17.2 Å². The number of rotatable bonds is 8. The number of nitrogens with zero attached hydrogens (tertiary/aromatic N) is 3. The molecule has 5 heteroatoms. The van der Waals surface area contributed by atoms with Crippen LogP contribution < -0.4 is 5.73 Å². The van der Waals surface area contributed by atoms with Gasteiger partial charge in [0.1, 0.15) is 0 Å². The molecule has 0 aliphatic rings. The standard InChI is InChI=1S/C12H22N4S/c1-3-15(9-11(2)12(13)17)6-4-7-16-8-5-14-10-16/h5,8,10-11H,3-4,6-7,9H2,1-2H3,(H2,13,17). The first-order valence-corrected chi connectivity index (χ1v) is 6.51. The van der Waals surface area contributed by atoms with Crippen molar-refractivity contribution in [2.45, 2.75) is 26.8 Å². The highest BCUT2D eigenvalue weighted by atomic mass is 32.1. The molecule has 1 aromatic rings. The number of hydrogen-bond acceptors (Lipinski definition) is 3. The summed E-state index contributed by atoms with van der Waals surface area (Å²) in [6, 6.07) is 0. The van der Waals surface area contributed by atoms with Crippen LogP contribution in [0.25, 0.3) is 0 Å². The summed E-state index contributed by atoms with van der Waals surface area (Å²) in [7, 11) is 0. The zero-order valence-electron chi connectivity index (χ0n) is 10.7. The average Bonchev–Trinajstić information content (AvgIpc) is 2.80. The molecule has 0 amide bonds. The van der Waals surface area contributed by atoms with Crippen molar-refractivity contribution in [3.63, 3.8) is 0 Å². The van der Waals surface area contributed by atoms with E-state index in [-0.39, 0.29) is 5.92 Å². The molecule has 1 aromatic heterocycles. The zero-order valence-corrected chi connectivity index (χ0v) is 11.5. The lowest BCUT2D eigenvalue weighted by atomic mass is 10.1. The summed E-state index contributed by atoms with van der Waals surface area (Å²) in [5.41, 5.74) is 5.64. The van der Waals surface area contributed by atoms with Crippen molar-refractivity contribution in [3.8, 4) is 0 Å². The van der Waals surface area contributed by atoms with Crippen molar-refractivity contribution in [2.75, 3.05) is 19.6 Å². The van der Waals surface area contributed by atoms with Crippen LogP contribution >= 0.6 is 12.2 Å². The third-order valence-corrected chi connectivity index (χ3v) is 3.32. The maximum atomic E-state index is 5.64. The summed E-state index contributed by atoms with van der Waals surface area (Å²) in [6.07, 6.45) is 6.78. The van der Waals surface area contributed by atoms with Gasteiger partial charge in [0.25, 0.3) is 0 Å². The summed E-state index contributed by atoms with van der Waals surface area (Å²) in [6.45, 7) is 8.33. The molecule has 0 fully saturated rings. The van der Waals surface area contributed by atoms with Gasteiger partial charge in [-0.2, -0.15) is 0 Å². The van der Waals surface area contributed by atoms with Gasteiger partial charge < -0.3 is 15.2 Å². The molecule has 96 valence electrons. The van der Waals surface area contributed by atoms with Gasteiger partial charge >= 0.3 is 0 Å². The molecule has 2 N–H and O–H groups in total. The van der Waals surface area contributed by atoms with Gasteiger partial charge in [0.05, 0.1) is 11.3 Å². The van der Waals surface area contributed by atoms with Crippen LogP contribution in [-0.4, -0.2) is 39.1 Å². The summed E-state index contributed by atoms with van der Waals surface area (Å²) in [5.74, 6) is 0.290. The van der Waals surface area contributed by atoms with Crippen LogP contribution in [0.5, 0.6) is 0 Å². The molecule has 0 saturated carbocycles. The molecule has 17 heavy (non-hydrogen) atoms. The van der Waals surface area contributed by atoms with Crippen LogP contribution in [0.15, 0.2) is 18.7 Å². The Morgan fingerprint density at radius 2 is 2.35 bits per heavy atom.